The van der Waals surface area contributed by atoms with Gasteiger partial charge in [0.2, 0.25) is 0 Å². The summed E-state index contributed by atoms with van der Waals surface area (Å²) < 4.78 is 10.8. The van der Waals surface area contributed by atoms with E-state index in [1.807, 2.05) is 18.2 Å². The van der Waals surface area contributed by atoms with E-state index in [1.165, 1.54) is 4.88 Å². The molecule has 0 spiro atoms. The quantitative estimate of drug-likeness (QED) is 0.387. The lowest BCUT2D eigenvalue weighted by Gasteiger charge is -2.11. The molecule has 0 saturated carbocycles. The van der Waals surface area contributed by atoms with E-state index in [4.69, 9.17) is 9.47 Å². The maximum absolute atomic E-state index is 5.74. The van der Waals surface area contributed by atoms with Crippen molar-refractivity contribution in [2.45, 2.75) is 26.4 Å². The summed E-state index contributed by atoms with van der Waals surface area (Å²) in [5, 5.41) is 8.72. The monoisotopic (exact) mass is 361 g/mol. The standard InChI is InChI=1S/C19H27N3O2S/c1-3-20-19(22-15-18-9-5-12-25-18)21-14-16-7-4-8-17(13-16)24-11-6-10-23-2/h4-5,7-9,12-13H,3,6,10-11,14-15H2,1-2H3,(H2,20,21,22). The van der Waals surface area contributed by atoms with E-state index >= 15 is 0 Å². The van der Waals surface area contributed by atoms with Crippen LogP contribution in [0.15, 0.2) is 46.8 Å². The molecule has 2 rings (SSSR count). The van der Waals surface area contributed by atoms with Crippen molar-refractivity contribution in [2.24, 2.45) is 4.99 Å². The summed E-state index contributed by atoms with van der Waals surface area (Å²) in [7, 11) is 1.70. The van der Waals surface area contributed by atoms with Gasteiger partial charge in [0.15, 0.2) is 5.96 Å². The van der Waals surface area contributed by atoms with Crippen molar-refractivity contribution in [2.75, 3.05) is 26.9 Å². The molecule has 6 heteroatoms. The Kier molecular flexibility index (Phi) is 8.86. The second-order valence-corrected chi connectivity index (χ2v) is 6.50. The van der Waals surface area contributed by atoms with Crippen molar-refractivity contribution in [1.82, 2.24) is 10.6 Å². The second kappa shape index (κ2) is 11.5. The van der Waals surface area contributed by atoms with Crippen LogP contribution in [0.2, 0.25) is 0 Å². The van der Waals surface area contributed by atoms with E-state index in [1.54, 1.807) is 18.4 Å². The van der Waals surface area contributed by atoms with Crippen molar-refractivity contribution in [1.29, 1.82) is 0 Å². The van der Waals surface area contributed by atoms with Crippen molar-refractivity contribution in [3.63, 3.8) is 0 Å². The van der Waals surface area contributed by atoms with Gasteiger partial charge in [0, 0.05) is 31.6 Å². The van der Waals surface area contributed by atoms with E-state index in [0.717, 1.165) is 36.8 Å². The smallest absolute Gasteiger partial charge is 0.191 e. The summed E-state index contributed by atoms with van der Waals surface area (Å²) in [5.74, 6) is 1.70. The van der Waals surface area contributed by atoms with Crippen molar-refractivity contribution >= 4 is 17.3 Å². The van der Waals surface area contributed by atoms with Crippen LogP contribution in [0, 0.1) is 0 Å². The molecule has 0 unspecified atom stereocenters. The highest BCUT2D eigenvalue weighted by molar-refractivity contribution is 7.09. The lowest BCUT2D eigenvalue weighted by Crippen LogP contribution is -2.36. The first-order valence-corrected chi connectivity index (χ1v) is 9.45. The third kappa shape index (κ3) is 7.58. The summed E-state index contributed by atoms with van der Waals surface area (Å²) in [6, 6.07) is 12.3. The van der Waals surface area contributed by atoms with Gasteiger partial charge in [-0.25, -0.2) is 4.99 Å². The Morgan fingerprint density at radius 2 is 2.08 bits per heavy atom. The SMILES string of the molecule is CCNC(=NCc1cccc(OCCCOC)c1)NCc1cccs1. The topological polar surface area (TPSA) is 54.9 Å². The number of methoxy groups -OCH3 is 1. The molecule has 1 aromatic heterocycles. The minimum atomic E-state index is 0.606. The number of thiophene rings is 1. The van der Waals surface area contributed by atoms with Gasteiger partial charge < -0.3 is 20.1 Å². The highest BCUT2D eigenvalue weighted by Crippen LogP contribution is 2.14. The summed E-state index contributed by atoms with van der Waals surface area (Å²) in [4.78, 5) is 5.95. The number of benzene rings is 1. The highest BCUT2D eigenvalue weighted by Gasteiger charge is 2.01. The molecule has 25 heavy (non-hydrogen) atoms. The predicted octanol–water partition coefficient (Wildman–Crippen LogP) is 3.42. The van der Waals surface area contributed by atoms with Gasteiger partial charge in [-0.3, -0.25) is 0 Å². The third-order valence-corrected chi connectivity index (χ3v) is 4.31. The molecule has 0 aliphatic rings. The molecular weight excluding hydrogens is 334 g/mol. The fraction of sp³-hybridized carbons (Fsp3) is 0.421. The lowest BCUT2D eigenvalue weighted by atomic mass is 10.2. The summed E-state index contributed by atoms with van der Waals surface area (Å²) >= 11 is 1.74. The molecule has 2 N–H and O–H groups in total. The Labute approximate surface area is 154 Å². The molecular formula is C19H27N3O2S. The molecule has 5 nitrogen and oxygen atoms in total. The molecule has 1 heterocycles. The van der Waals surface area contributed by atoms with Crippen LogP contribution in [-0.4, -0.2) is 32.8 Å². The first-order chi connectivity index (χ1) is 12.3. The Morgan fingerprint density at radius 1 is 1.16 bits per heavy atom. The fourth-order valence-corrected chi connectivity index (χ4v) is 2.87. The first kappa shape index (κ1) is 19.3. The van der Waals surface area contributed by atoms with Gasteiger partial charge in [-0.15, -0.1) is 11.3 Å². The third-order valence-electron chi connectivity index (χ3n) is 3.43. The molecule has 0 aliphatic heterocycles. The highest BCUT2D eigenvalue weighted by atomic mass is 32.1. The van der Waals surface area contributed by atoms with Gasteiger partial charge in [0.1, 0.15) is 5.75 Å². The van der Waals surface area contributed by atoms with Crippen molar-refractivity contribution < 1.29 is 9.47 Å². The maximum Gasteiger partial charge on any atom is 0.191 e. The van der Waals surface area contributed by atoms with Crippen LogP contribution in [0.3, 0.4) is 0 Å². The molecule has 0 fully saturated rings. The molecule has 0 amide bonds. The van der Waals surface area contributed by atoms with Crippen LogP contribution in [-0.2, 0) is 17.8 Å². The van der Waals surface area contributed by atoms with Crippen LogP contribution in [0.1, 0.15) is 23.8 Å². The van der Waals surface area contributed by atoms with Crippen molar-refractivity contribution in [3.05, 3.63) is 52.2 Å². The molecule has 136 valence electrons. The minimum absolute atomic E-state index is 0.606. The number of rotatable bonds is 10. The first-order valence-electron chi connectivity index (χ1n) is 8.57. The summed E-state index contributed by atoms with van der Waals surface area (Å²) in [5.41, 5.74) is 1.12. The van der Waals surface area contributed by atoms with Gasteiger partial charge >= 0.3 is 0 Å². The molecule has 1 aromatic carbocycles. The maximum atomic E-state index is 5.74. The zero-order chi connectivity index (χ0) is 17.7. The summed E-state index contributed by atoms with van der Waals surface area (Å²) in [6.07, 6.45) is 0.885. The number of nitrogens with zero attached hydrogens (tertiary/aromatic N) is 1. The number of nitrogens with one attached hydrogen (secondary N) is 2. The molecule has 2 aromatic rings. The molecule has 0 saturated heterocycles. The normalized spacial score (nSPS) is 11.4. The van der Waals surface area contributed by atoms with E-state index in [-0.39, 0.29) is 0 Å². The van der Waals surface area contributed by atoms with Crippen LogP contribution in [0.25, 0.3) is 0 Å². The predicted molar refractivity (Wildman–Crippen MR) is 104 cm³/mol. The minimum Gasteiger partial charge on any atom is -0.493 e. The number of hydrogen-bond acceptors (Lipinski definition) is 4. The van der Waals surface area contributed by atoms with Crippen LogP contribution in [0.5, 0.6) is 5.75 Å². The van der Waals surface area contributed by atoms with Gasteiger partial charge in [-0.1, -0.05) is 18.2 Å². The number of guanidine groups is 1. The fourth-order valence-electron chi connectivity index (χ4n) is 2.22. The van der Waals surface area contributed by atoms with Gasteiger partial charge in [0.25, 0.3) is 0 Å². The van der Waals surface area contributed by atoms with E-state index in [9.17, 15) is 0 Å². The van der Waals surface area contributed by atoms with Gasteiger partial charge in [-0.2, -0.15) is 0 Å². The van der Waals surface area contributed by atoms with Crippen molar-refractivity contribution in [3.8, 4) is 5.75 Å². The molecule has 0 atom stereocenters. The van der Waals surface area contributed by atoms with Crippen LogP contribution < -0.4 is 15.4 Å². The van der Waals surface area contributed by atoms with Crippen LogP contribution in [0.4, 0.5) is 0 Å². The zero-order valence-electron chi connectivity index (χ0n) is 15.0. The number of hydrogen-bond donors (Lipinski definition) is 2. The van der Waals surface area contributed by atoms with E-state index < -0.39 is 0 Å². The average Bonchev–Trinajstić information content (AvgIpc) is 3.15. The largest absolute Gasteiger partial charge is 0.493 e. The van der Waals surface area contributed by atoms with E-state index in [0.29, 0.717) is 19.8 Å². The Balaban J connectivity index is 1.87. The van der Waals surface area contributed by atoms with Crippen LogP contribution >= 0.6 is 11.3 Å². The Bertz CT molecular complexity index is 629. The molecule has 0 aliphatic carbocycles. The lowest BCUT2D eigenvalue weighted by molar-refractivity contribution is 0.172. The molecule has 0 bridgehead atoms. The van der Waals surface area contributed by atoms with Gasteiger partial charge in [-0.05, 0) is 36.1 Å². The number of aliphatic imine (C=N–C) groups is 1. The average molecular weight is 362 g/mol. The Hall–Kier alpha value is -2.05. The van der Waals surface area contributed by atoms with Gasteiger partial charge in [0.05, 0.1) is 19.7 Å². The molecule has 0 radical (unpaired) electrons. The zero-order valence-corrected chi connectivity index (χ0v) is 15.8. The Morgan fingerprint density at radius 3 is 2.84 bits per heavy atom. The summed E-state index contributed by atoms with van der Waals surface area (Å²) in [6.45, 7) is 5.66. The second-order valence-electron chi connectivity index (χ2n) is 5.47. The number of ether oxygens (including phenoxy) is 2. The van der Waals surface area contributed by atoms with E-state index in [2.05, 4.69) is 46.1 Å².